The summed E-state index contributed by atoms with van der Waals surface area (Å²) in [6, 6.07) is 8.87. The van der Waals surface area contributed by atoms with Crippen molar-refractivity contribution in [3.8, 4) is 5.75 Å². The predicted octanol–water partition coefficient (Wildman–Crippen LogP) is 3.71. The van der Waals surface area contributed by atoms with Gasteiger partial charge in [-0.05, 0) is 18.2 Å². The molecule has 0 fully saturated rings. The Labute approximate surface area is 156 Å². The highest BCUT2D eigenvalue weighted by Gasteiger charge is 2.22. The number of ether oxygens (including phenoxy) is 1. The molecule has 0 amide bonds. The smallest absolute Gasteiger partial charge is 0.347 e. The van der Waals surface area contributed by atoms with E-state index in [-0.39, 0.29) is 10.8 Å². The molecule has 128 valence electrons. The lowest BCUT2D eigenvalue weighted by atomic mass is 10.1. The van der Waals surface area contributed by atoms with Crippen LogP contribution in [0, 0.1) is 0 Å². The maximum absolute atomic E-state index is 12.1. The Balaban J connectivity index is 2.00. The molecule has 1 aromatic heterocycles. The minimum Gasteiger partial charge on any atom is -0.506 e. The molecule has 0 saturated heterocycles. The molecule has 6 nitrogen and oxygen atoms in total. The Morgan fingerprint density at radius 2 is 2.20 bits per heavy atom. The summed E-state index contributed by atoms with van der Waals surface area (Å²) in [6.07, 6.45) is 0. The van der Waals surface area contributed by atoms with Crippen molar-refractivity contribution in [3.63, 3.8) is 0 Å². The van der Waals surface area contributed by atoms with Gasteiger partial charge < -0.3 is 19.7 Å². The molecule has 0 saturated carbocycles. The number of hydrogen-bond acceptors (Lipinski definition) is 5. The monoisotopic (exact) mass is 421 g/mol. The number of phenols is 1. The van der Waals surface area contributed by atoms with E-state index in [1.165, 1.54) is 6.07 Å². The number of nitrogens with zero attached hydrogens (tertiary/aromatic N) is 2. The van der Waals surface area contributed by atoms with Crippen LogP contribution in [0.15, 0.2) is 39.6 Å². The number of anilines is 2. The molecule has 0 aliphatic carbocycles. The standard InChI is InChI=1S/C17H13BrClN3O3/c18-11-2-1-3-14-10(11)8-25-5-4-22(14)16-9-6-12(19)15(23)7-13(9)20-17(24)21-16/h1-3,6-7,23H,4-5,8H2,(H,20,21,24). The van der Waals surface area contributed by atoms with Crippen molar-refractivity contribution >= 4 is 49.9 Å². The van der Waals surface area contributed by atoms with Crippen LogP contribution in [0.4, 0.5) is 11.5 Å². The average Bonchev–Trinajstić information content (AvgIpc) is 2.79. The van der Waals surface area contributed by atoms with Gasteiger partial charge in [0.05, 0.1) is 23.8 Å². The number of phenolic OH excluding ortho intramolecular Hbond substituents is 1. The van der Waals surface area contributed by atoms with Gasteiger partial charge in [0, 0.05) is 33.7 Å². The quantitative estimate of drug-likeness (QED) is 0.625. The summed E-state index contributed by atoms with van der Waals surface area (Å²) in [7, 11) is 0. The van der Waals surface area contributed by atoms with E-state index in [0.717, 1.165) is 15.7 Å². The molecule has 0 unspecified atom stereocenters. The largest absolute Gasteiger partial charge is 0.506 e. The van der Waals surface area contributed by atoms with Crippen molar-refractivity contribution in [2.45, 2.75) is 6.61 Å². The number of fused-ring (bicyclic) bond motifs is 2. The van der Waals surface area contributed by atoms with Crippen LogP contribution in [-0.4, -0.2) is 28.2 Å². The first kappa shape index (κ1) is 16.4. The van der Waals surface area contributed by atoms with E-state index in [4.69, 9.17) is 16.3 Å². The fourth-order valence-electron chi connectivity index (χ4n) is 2.97. The lowest BCUT2D eigenvalue weighted by molar-refractivity contribution is 0.133. The summed E-state index contributed by atoms with van der Waals surface area (Å²) < 4.78 is 6.62. The summed E-state index contributed by atoms with van der Waals surface area (Å²) in [4.78, 5) is 20.8. The van der Waals surface area contributed by atoms with E-state index in [0.29, 0.717) is 36.5 Å². The van der Waals surface area contributed by atoms with E-state index in [1.54, 1.807) is 6.07 Å². The maximum atomic E-state index is 12.1. The van der Waals surface area contributed by atoms with Crippen molar-refractivity contribution in [3.05, 3.63) is 55.9 Å². The Morgan fingerprint density at radius 1 is 1.36 bits per heavy atom. The van der Waals surface area contributed by atoms with Crippen LogP contribution >= 0.6 is 27.5 Å². The average molecular weight is 423 g/mol. The predicted molar refractivity (Wildman–Crippen MR) is 99.8 cm³/mol. The normalized spacial score (nSPS) is 14.4. The van der Waals surface area contributed by atoms with Crippen LogP contribution in [0.25, 0.3) is 10.9 Å². The second kappa shape index (κ2) is 6.33. The van der Waals surface area contributed by atoms with Gasteiger partial charge >= 0.3 is 5.69 Å². The molecular formula is C17H13BrClN3O3. The number of hydrogen-bond donors (Lipinski definition) is 2. The molecule has 2 aromatic carbocycles. The van der Waals surface area contributed by atoms with Crippen LogP contribution in [0.5, 0.6) is 5.75 Å². The van der Waals surface area contributed by atoms with Crippen LogP contribution in [0.2, 0.25) is 5.02 Å². The number of halogens is 2. The van der Waals surface area contributed by atoms with Gasteiger partial charge in [-0.15, -0.1) is 0 Å². The molecule has 4 rings (SSSR count). The van der Waals surface area contributed by atoms with E-state index in [2.05, 4.69) is 25.9 Å². The number of rotatable bonds is 1. The van der Waals surface area contributed by atoms with Gasteiger partial charge in [-0.2, -0.15) is 4.98 Å². The number of H-pyrrole nitrogens is 1. The van der Waals surface area contributed by atoms with Crippen molar-refractivity contribution in [1.29, 1.82) is 0 Å². The zero-order valence-electron chi connectivity index (χ0n) is 12.9. The third-order valence-corrected chi connectivity index (χ3v) is 5.17. The molecule has 0 spiro atoms. The minimum absolute atomic E-state index is 0.0932. The highest BCUT2D eigenvalue weighted by atomic mass is 79.9. The summed E-state index contributed by atoms with van der Waals surface area (Å²) in [6.45, 7) is 1.49. The second-order valence-electron chi connectivity index (χ2n) is 5.66. The van der Waals surface area contributed by atoms with Crippen molar-refractivity contribution in [2.75, 3.05) is 18.1 Å². The molecule has 0 radical (unpaired) electrons. The fourth-order valence-corrected chi connectivity index (χ4v) is 3.60. The van der Waals surface area contributed by atoms with Gasteiger partial charge in [-0.1, -0.05) is 33.6 Å². The van der Waals surface area contributed by atoms with Gasteiger partial charge in [-0.25, -0.2) is 4.79 Å². The van der Waals surface area contributed by atoms with Gasteiger partial charge in [0.25, 0.3) is 0 Å². The number of benzene rings is 2. The Kier molecular flexibility index (Phi) is 4.15. The van der Waals surface area contributed by atoms with Crippen LogP contribution in [-0.2, 0) is 11.3 Å². The van der Waals surface area contributed by atoms with E-state index in [1.807, 2.05) is 23.1 Å². The zero-order chi connectivity index (χ0) is 17.6. The Hall–Kier alpha value is -2.09. The molecule has 1 aliphatic rings. The first-order valence-electron chi connectivity index (χ1n) is 7.60. The number of nitrogens with one attached hydrogen (secondary N) is 1. The molecule has 2 N–H and O–H groups in total. The second-order valence-corrected chi connectivity index (χ2v) is 6.92. The van der Waals surface area contributed by atoms with Gasteiger partial charge in [0.1, 0.15) is 11.6 Å². The molecule has 25 heavy (non-hydrogen) atoms. The Morgan fingerprint density at radius 3 is 3.04 bits per heavy atom. The first-order valence-corrected chi connectivity index (χ1v) is 8.77. The summed E-state index contributed by atoms with van der Waals surface area (Å²) in [5.41, 5.74) is 1.88. The van der Waals surface area contributed by atoms with Crippen molar-refractivity contribution in [1.82, 2.24) is 9.97 Å². The van der Waals surface area contributed by atoms with E-state index < -0.39 is 5.69 Å². The molecular weight excluding hydrogens is 410 g/mol. The molecule has 3 aromatic rings. The van der Waals surface area contributed by atoms with Crippen LogP contribution < -0.4 is 10.6 Å². The Bertz CT molecular complexity index is 1040. The fraction of sp³-hybridized carbons (Fsp3) is 0.176. The van der Waals surface area contributed by atoms with Crippen LogP contribution in [0.1, 0.15) is 5.56 Å². The topological polar surface area (TPSA) is 78.5 Å². The number of aromatic hydroxyl groups is 1. The molecule has 0 bridgehead atoms. The number of aromatic amines is 1. The lowest BCUT2D eigenvalue weighted by Gasteiger charge is -2.24. The van der Waals surface area contributed by atoms with E-state index in [9.17, 15) is 9.90 Å². The molecule has 8 heteroatoms. The van der Waals surface area contributed by atoms with E-state index >= 15 is 0 Å². The van der Waals surface area contributed by atoms with Gasteiger partial charge in [-0.3, -0.25) is 0 Å². The third kappa shape index (κ3) is 2.88. The summed E-state index contributed by atoms with van der Waals surface area (Å²) in [5, 5.41) is 10.7. The molecule has 1 aliphatic heterocycles. The SMILES string of the molecule is O=c1nc(N2CCOCc3c(Br)cccc32)c2cc(Cl)c(O)cc2[nH]1. The summed E-state index contributed by atoms with van der Waals surface area (Å²) in [5.74, 6) is 0.384. The lowest BCUT2D eigenvalue weighted by Crippen LogP contribution is -2.25. The minimum atomic E-state index is -0.495. The van der Waals surface area contributed by atoms with Crippen molar-refractivity contribution in [2.24, 2.45) is 0 Å². The zero-order valence-corrected chi connectivity index (χ0v) is 15.3. The highest BCUT2D eigenvalue weighted by molar-refractivity contribution is 9.10. The summed E-state index contributed by atoms with van der Waals surface area (Å²) >= 11 is 9.63. The molecule has 2 heterocycles. The number of aromatic nitrogens is 2. The van der Waals surface area contributed by atoms with Gasteiger partial charge in [0.15, 0.2) is 0 Å². The maximum Gasteiger partial charge on any atom is 0.347 e. The van der Waals surface area contributed by atoms with Crippen molar-refractivity contribution < 1.29 is 9.84 Å². The molecule has 0 atom stereocenters. The first-order chi connectivity index (χ1) is 12.0. The third-order valence-electron chi connectivity index (χ3n) is 4.12. The van der Waals surface area contributed by atoms with Crippen LogP contribution in [0.3, 0.4) is 0 Å². The van der Waals surface area contributed by atoms with Gasteiger partial charge in [0.2, 0.25) is 0 Å². The highest BCUT2D eigenvalue weighted by Crippen LogP contribution is 2.38.